The molecule has 5 rings (SSSR count). The van der Waals surface area contributed by atoms with Crippen molar-refractivity contribution in [1.82, 2.24) is 5.32 Å². The molecule has 7 heteroatoms. The van der Waals surface area contributed by atoms with Gasteiger partial charge in [-0.25, -0.2) is 16.8 Å². The summed E-state index contributed by atoms with van der Waals surface area (Å²) in [4.78, 5) is 0.270. The standard InChI is InChI=1S/C24H29NO4S2/c26-30(27)15-23(25-22-11-5-9-18-7-3-4-10-21(18)22)24(16-30)31(28,29)20-13-12-17-6-1-2-8-19(17)14-20/h3-4,7,10,12-14,22-25H,1-2,5-6,8-9,11,15-16H2/t22?,23-,24-/m0/s1. The van der Waals surface area contributed by atoms with Gasteiger partial charge in [-0.1, -0.05) is 30.3 Å². The molecular weight excluding hydrogens is 430 g/mol. The first-order valence-electron chi connectivity index (χ1n) is 11.2. The van der Waals surface area contributed by atoms with Crippen LogP contribution in [0.15, 0.2) is 47.4 Å². The summed E-state index contributed by atoms with van der Waals surface area (Å²) >= 11 is 0. The molecule has 0 amide bonds. The Morgan fingerprint density at radius 1 is 0.839 bits per heavy atom. The SMILES string of the molecule is O=S1(=O)C[C@H](NC2CCCc3ccccc32)[C@@H](S(=O)(=O)c2ccc3c(c2)CCCC3)C1. The van der Waals surface area contributed by atoms with Crippen molar-refractivity contribution in [3.63, 3.8) is 0 Å². The molecule has 2 aromatic rings. The van der Waals surface area contributed by atoms with E-state index in [1.807, 2.05) is 18.2 Å². The Bertz CT molecular complexity index is 1200. The first-order valence-corrected chi connectivity index (χ1v) is 14.6. The third kappa shape index (κ3) is 4.08. The van der Waals surface area contributed by atoms with E-state index < -0.39 is 31.0 Å². The first kappa shape index (κ1) is 21.2. The average molecular weight is 460 g/mol. The van der Waals surface area contributed by atoms with Gasteiger partial charge in [0.05, 0.1) is 21.7 Å². The van der Waals surface area contributed by atoms with Crippen molar-refractivity contribution in [1.29, 1.82) is 0 Å². The summed E-state index contributed by atoms with van der Waals surface area (Å²) in [6.07, 6.45) is 6.99. The van der Waals surface area contributed by atoms with Gasteiger partial charge in [-0.3, -0.25) is 0 Å². The molecule has 3 atom stereocenters. The minimum Gasteiger partial charge on any atom is -0.305 e. The molecule has 1 heterocycles. The molecule has 1 fully saturated rings. The summed E-state index contributed by atoms with van der Waals surface area (Å²) in [6.45, 7) is 0. The molecule has 2 aromatic carbocycles. The largest absolute Gasteiger partial charge is 0.305 e. The highest BCUT2D eigenvalue weighted by Crippen LogP contribution is 2.34. The second-order valence-corrected chi connectivity index (χ2v) is 13.5. The summed E-state index contributed by atoms with van der Waals surface area (Å²) < 4.78 is 52.3. The zero-order chi connectivity index (χ0) is 21.6. The van der Waals surface area contributed by atoms with Crippen molar-refractivity contribution in [2.45, 2.75) is 67.2 Å². The predicted molar refractivity (Wildman–Crippen MR) is 122 cm³/mol. The second kappa shape index (κ2) is 8.01. The zero-order valence-electron chi connectivity index (χ0n) is 17.6. The summed E-state index contributed by atoms with van der Waals surface area (Å²) in [5, 5.41) is 2.51. The molecule has 1 unspecified atom stereocenters. The van der Waals surface area contributed by atoms with Gasteiger partial charge in [0.1, 0.15) is 0 Å². The van der Waals surface area contributed by atoms with Crippen molar-refractivity contribution in [2.75, 3.05) is 11.5 Å². The number of rotatable bonds is 4. The number of fused-ring (bicyclic) bond motifs is 2. The van der Waals surface area contributed by atoms with Gasteiger partial charge in [-0.15, -0.1) is 0 Å². The van der Waals surface area contributed by atoms with Crippen LogP contribution in [0.5, 0.6) is 0 Å². The number of hydrogen-bond acceptors (Lipinski definition) is 5. The fourth-order valence-electron chi connectivity index (χ4n) is 5.52. The Kier molecular flexibility index (Phi) is 5.47. The summed E-state index contributed by atoms with van der Waals surface area (Å²) in [6, 6.07) is 13.0. The molecular formula is C24H29NO4S2. The van der Waals surface area contributed by atoms with Crippen LogP contribution in [0.4, 0.5) is 0 Å². The van der Waals surface area contributed by atoms with Crippen LogP contribution in [0.2, 0.25) is 0 Å². The molecule has 31 heavy (non-hydrogen) atoms. The van der Waals surface area contributed by atoms with E-state index in [1.54, 1.807) is 12.1 Å². The Balaban J connectivity index is 1.46. The van der Waals surface area contributed by atoms with Gasteiger partial charge in [0.25, 0.3) is 0 Å². The predicted octanol–water partition coefficient (Wildman–Crippen LogP) is 3.17. The van der Waals surface area contributed by atoms with Gasteiger partial charge in [-0.05, 0) is 79.3 Å². The van der Waals surface area contributed by atoms with Crippen molar-refractivity contribution in [3.05, 3.63) is 64.7 Å². The van der Waals surface area contributed by atoms with Crippen molar-refractivity contribution < 1.29 is 16.8 Å². The lowest BCUT2D eigenvalue weighted by atomic mass is 9.87. The average Bonchev–Trinajstić information content (AvgIpc) is 3.08. The maximum atomic E-state index is 13.6. The topological polar surface area (TPSA) is 80.3 Å². The molecule has 166 valence electrons. The van der Waals surface area contributed by atoms with Gasteiger partial charge < -0.3 is 5.32 Å². The van der Waals surface area contributed by atoms with E-state index in [4.69, 9.17) is 0 Å². The van der Waals surface area contributed by atoms with Crippen LogP contribution in [-0.4, -0.2) is 39.6 Å². The van der Waals surface area contributed by atoms with Crippen molar-refractivity contribution >= 4 is 19.7 Å². The van der Waals surface area contributed by atoms with Crippen LogP contribution >= 0.6 is 0 Å². The minimum absolute atomic E-state index is 0.00974. The van der Waals surface area contributed by atoms with E-state index in [2.05, 4.69) is 17.4 Å². The number of nitrogens with one attached hydrogen (secondary N) is 1. The third-order valence-electron chi connectivity index (χ3n) is 7.13. The number of aryl methyl sites for hydroxylation is 3. The van der Waals surface area contributed by atoms with Gasteiger partial charge in [0, 0.05) is 12.1 Å². The molecule has 1 N–H and O–H groups in total. The molecule has 2 aliphatic carbocycles. The Morgan fingerprint density at radius 2 is 1.58 bits per heavy atom. The van der Waals surface area contributed by atoms with Gasteiger partial charge in [-0.2, -0.15) is 0 Å². The summed E-state index contributed by atoms with van der Waals surface area (Å²) in [5.41, 5.74) is 4.75. The van der Waals surface area contributed by atoms with Crippen molar-refractivity contribution in [3.8, 4) is 0 Å². The summed E-state index contributed by atoms with van der Waals surface area (Å²) in [5.74, 6) is -0.432. The highest BCUT2D eigenvalue weighted by atomic mass is 32.2. The molecule has 0 aromatic heterocycles. The van der Waals surface area contributed by atoms with Gasteiger partial charge in [0.15, 0.2) is 19.7 Å². The second-order valence-electron chi connectivity index (χ2n) is 9.21. The van der Waals surface area contributed by atoms with E-state index in [-0.39, 0.29) is 22.4 Å². The maximum absolute atomic E-state index is 13.6. The molecule has 0 radical (unpaired) electrons. The lowest BCUT2D eigenvalue weighted by Gasteiger charge is -2.31. The third-order valence-corrected chi connectivity index (χ3v) is 11.3. The van der Waals surface area contributed by atoms with E-state index in [1.165, 1.54) is 16.7 Å². The fraction of sp³-hybridized carbons (Fsp3) is 0.500. The number of hydrogen-bond donors (Lipinski definition) is 1. The maximum Gasteiger partial charge on any atom is 0.183 e. The van der Waals surface area contributed by atoms with Gasteiger partial charge in [0.2, 0.25) is 0 Å². The zero-order valence-corrected chi connectivity index (χ0v) is 19.2. The number of benzene rings is 2. The normalized spacial score (nSPS) is 27.4. The van der Waals surface area contributed by atoms with Gasteiger partial charge >= 0.3 is 0 Å². The molecule has 5 nitrogen and oxygen atoms in total. The van der Waals surface area contributed by atoms with Crippen LogP contribution in [0.1, 0.15) is 54.0 Å². The molecule has 0 bridgehead atoms. The Hall–Kier alpha value is -1.70. The molecule has 1 aliphatic heterocycles. The lowest BCUT2D eigenvalue weighted by Crippen LogP contribution is -2.45. The van der Waals surface area contributed by atoms with Crippen LogP contribution in [0, 0.1) is 0 Å². The minimum atomic E-state index is -3.76. The van der Waals surface area contributed by atoms with E-state index in [9.17, 15) is 16.8 Å². The van der Waals surface area contributed by atoms with E-state index in [0.717, 1.165) is 50.5 Å². The van der Waals surface area contributed by atoms with E-state index in [0.29, 0.717) is 0 Å². The smallest absolute Gasteiger partial charge is 0.183 e. The van der Waals surface area contributed by atoms with Crippen molar-refractivity contribution in [2.24, 2.45) is 0 Å². The highest BCUT2D eigenvalue weighted by molar-refractivity contribution is 7.96. The highest BCUT2D eigenvalue weighted by Gasteiger charge is 2.46. The first-order chi connectivity index (χ1) is 14.8. The quantitative estimate of drug-likeness (QED) is 0.760. The summed E-state index contributed by atoms with van der Waals surface area (Å²) in [7, 11) is -7.19. The molecule has 0 saturated carbocycles. The van der Waals surface area contributed by atoms with Crippen LogP contribution < -0.4 is 5.32 Å². The Morgan fingerprint density at radius 3 is 2.42 bits per heavy atom. The van der Waals surface area contributed by atoms with E-state index >= 15 is 0 Å². The van der Waals surface area contributed by atoms with Crippen LogP contribution in [0.25, 0.3) is 0 Å². The fourth-order valence-corrected chi connectivity index (χ4v) is 10.2. The number of sulfone groups is 2. The molecule has 0 spiro atoms. The molecule has 3 aliphatic rings. The Labute approximate surface area is 185 Å². The van der Waals surface area contributed by atoms with Crippen LogP contribution in [-0.2, 0) is 38.9 Å². The van der Waals surface area contributed by atoms with Crippen LogP contribution in [0.3, 0.4) is 0 Å². The monoisotopic (exact) mass is 459 g/mol. The molecule has 1 saturated heterocycles. The lowest BCUT2D eigenvalue weighted by molar-refractivity contribution is 0.410.